The fraction of sp³-hybridized carbons (Fsp3) is 0.778. The van der Waals surface area contributed by atoms with Gasteiger partial charge in [-0.2, -0.15) is 0 Å². The van der Waals surface area contributed by atoms with Crippen LogP contribution in [-0.4, -0.2) is 12.2 Å². The average Bonchev–Trinajstić information content (AvgIpc) is 2.40. The van der Waals surface area contributed by atoms with Crippen molar-refractivity contribution in [2.75, 3.05) is 0 Å². The highest BCUT2D eigenvalue weighted by molar-refractivity contribution is 5.16. The van der Waals surface area contributed by atoms with E-state index in [0.29, 0.717) is 6.10 Å². The van der Waals surface area contributed by atoms with E-state index >= 15 is 0 Å². The van der Waals surface area contributed by atoms with Crippen molar-refractivity contribution >= 4 is 0 Å². The first-order chi connectivity index (χ1) is 4.49. The second-order valence-electron chi connectivity index (χ2n) is 3.78. The predicted octanol–water partition coefficient (Wildman–Crippen LogP) is 1.82. The van der Waals surface area contributed by atoms with E-state index in [4.69, 9.17) is 4.74 Å². The van der Waals surface area contributed by atoms with Gasteiger partial charge in [-0.05, 0) is 27.7 Å². The van der Waals surface area contributed by atoms with Gasteiger partial charge in [0.05, 0.1) is 6.10 Å². The van der Waals surface area contributed by atoms with E-state index in [9.17, 15) is 0 Å². The van der Waals surface area contributed by atoms with Crippen molar-refractivity contribution in [3.63, 3.8) is 0 Å². The van der Waals surface area contributed by atoms with Crippen molar-refractivity contribution in [3.05, 3.63) is 0 Å². The maximum atomic E-state index is 5.14. The molecule has 0 aromatic rings. The fourth-order valence-corrected chi connectivity index (χ4v) is 0.625. The Morgan fingerprint density at radius 1 is 1.30 bits per heavy atom. The third-order valence-corrected chi connectivity index (χ3v) is 1.30. The summed E-state index contributed by atoms with van der Waals surface area (Å²) in [5, 5.41) is 0. The molecule has 1 fully saturated rings. The molecule has 0 amide bonds. The average molecular weight is 138 g/mol. The number of ether oxygens (including phenoxy) is 1. The minimum absolute atomic E-state index is 0.117. The van der Waals surface area contributed by atoms with Crippen molar-refractivity contribution in [1.29, 1.82) is 0 Å². The van der Waals surface area contributed by atoms with Gasteiger partial charge < -0.3 is 4.74 Å². The lowest BCUT2D eigenvalue weighted by Gasteiger charge is -2.06. The molecule has 1 aliphatic heterocycles. The molecule has 0 aliphatic carbocycles. The first-order valence-electron chi connectivity index (χ1n) is 3.67. The largest absolute Gasteiger partial charge is 0.356 e. The second-order valence-corrected chi connectivity index (χ2v) is 3.78. The van der Waals surface area contributed by atoms with E-state index in [1.165, 1.54) is 0 Å². The molecule has 56 valence electrons. The number of hydrogen-bond donors (Lipinski definition) is 0. The van der Waals surface area contributed by atoms with Crippen molar-refractivity contribution in [1.82, 2.24) is 0 Å². The van der Waals surface area contributed by atoms with Crippen LogP contribution < -0.4 is 0 Å². The zero-order valence-corrected chi connectivity index (χ0v) is 7.06. The quantitative estimate of drug-likeness (QED) is 0.367. The SMILES string of the molecule is C[C@@H]1O[C@@H]1C#CC(C)(C)C. The Bertz CT molecular complexity index is 177. The molecule has 1 heterocycles. The molecule has 1 rings (SSSR count). The molecule has 1 heteroatoms. The number of epoxide rings is 1. The van der Waals surface area contributed by atoms with E-state index in [1.807, 2.05) is 6.92 Å². The Kier molecular flexibility index (Phi) is 1.74. The highest BCUT2D eigenvalue weighted by Gasteiger charge is 2.32. The second kappa shape index (κ2) is 2.29. The van der Waals surface area contributed by atoms with Crippen LogP contribution in [0.5, 0.6) is 0 Å². The Morgan fingerprint density at radius 2 is 1.80 bits per heavy atom. The monoisotopic (exact) mass is 138 g/mol. The molecule has 2 atom stereocenters. The first kappa shape index (κ1) is 7.63. The maximum Gasteiger partial charge on any atom is 0.144 e. The lowest BCUT2D eigenvalue weighted by molar-refractivity contribution is 0.403. The number of hydrogen-bond acceptors (Lipinski definition) is 1. The molecule has 0 saturated carbocycles. The van der Waals surface area contributed by atoms with Crippen LogP contribution in [0.3, 0.4) is 0 Å². The molecule has 1 aliphatic rings. The molecule has 0 radical (unpaired) electrons. The molecule has 10 heavy (non-hydrogen) atoms. The van der Waals surface area contributed by atoms with Gasteiger partial charge in [0.25, 0.3) is 0 Å². The Labute approximate surface area is 62.8 Å². The van der Waals surface area contributed by atoms with Crippen LogP contribution in [-0.2, 0) is 4.74 Å². The van der Waals surface area contributed by atoms with Crippen molar-refractivity contribution in [3.8, 4) is 11.8 Å². The van der Waals surface area contributed by atoms with E-state index in [-0.39, 0.29) is 11.5 Å². The smallest absolute Gasteiger partial charge is 0.144 e. The van der Waals surface area contributed by atoms with Crippen LogP contribution in [0.25, 0.3) is 0 Å². The third-order valence-electron chi connectivity index (χ3n) is 1.30. The molecule has 0 unspecified atom stereocenters. The summed E-state index contributed by atoms with van der Waals surface area (Å²) in [4.78, 5) is 0. The molecule has 0 bridgehead atoms. The third kappa shape index (κ3) is 2.41. The van der Waals surface area contributed by atoms with E-state index in [2.05, 4.69) is 32.6 Å². The van der Waals surface area contributed by atoms with Crippen LogP contribution in [0.15, 0.2) is 0 Å². The van der Waals surface area contributed by atoms with E-state index < -0.39 is 0 Å². The zero-order chi connectivity index (χ0) is 7.78. The van der Waals surface area contributed by atoms with Gasteiger partial charge in [-0.15, -0.1) is 0 Å². The summed E-state index contributed by atoms with van der Waals surface area (Å²) < 4.78 is 5.14. The first-order valence-corrected chi connectivity index (χ1v) is 3.67. The van der Waals surface area contributed by atoms with Gasteiger partial charge in [-0.1, -0.05) is 11.8 Å². The Hall–Kier alpha value is -0.480. The van der Waals surface area contributed by atoms with Gasteiger partial charge in [-0.25, -0.2) is 0 Å². The zero-order valence-electron chi connectivity index (χ0n) is 7.06. The van der Waals surface area contributed by atoms with Crippen LogP contribution in [0.1, 0.15) is 27.7 Å². The molecule has 0 spiro atoms. The van der Waals surface area contributed by atoms with Crippen molar-refractivity contribution in [2.45, 2.75) is 39.9 Å². The number of rotatable bonds is 0. The lowest BCUT2D eigenvalue weighted by Crippen LogP contribution is -2.00. The van der Waals surface area contributed by atoms with Crippen molar-refractivity contribution in [2.24, 2.45) is 5.41 Å². The Morgan fingerprint density at radius 3 is 2.10 bits per heavy atom. The normalized spacial score (nSPS) is 30.8. The summed E-state index contributed by atoms with van der Waals surface area (Å²) in [6, 6.07) is 0. The van der Waals surface area contributed by atoms with Crippen LogP contribution in [0.2, 0.25) is 0 Å². The van der Waals surface area contributed by atoms with Gasteiger partial charge in [0, 0.05) is 5.41 Å². The van der Waals surface area contributed by atoms with Gasteiger partial charge in [0.15, 0.2) is 0 Å². The summed E-state index contributed by atoms with van der Waals surface area (Å²) >= 11 is 0. The summed E-state index contributed by atoms with van der Waals surface area (Å²) in [6.45, 7) is 8.36. The Balaban J connectivity index is 2.40. The lowest BCUT2D eigenvalue weighted by atomic mass is 9.98. The molecule has 0 aromatic heterocycles. The van der Waals surface area contributed by atoms with Gasteiger partial charge in [0.1, 0.15) is 6.10 Å². The highest BCUT2D eigenvalue weighted by atomic mass is 16.6. The van der Waals surface area contributed by atoms with E-state index in [0.717, 1.165) is 0 Å². The van der Waals surface area contributed by atoms with Crippen molar-refractivity contribution < 1.29 is 4.74 Å². The molecular weight excluding hydrogens is 124 g/mol. The van der Waals surface area contributed by atoms with Gasteiger partial charge >= 0.3 is 0 Å². The summed E-state index contributed by atoms with van der Waals surface area (Å²) in [6.07, 6.45) is 0.592. The van der Waals surface area contributed by atoms with E-state index in [1.54, 1.807) is 0 Å². The molecule has 0 aromatic carbocycles. The summed E-state index contributed by atoms with van der Waals surface area (Å²) in [5.74, 6) is 6.21. The van der Waals surface area contributed by atoms with Crippen LogP contribution in [0.4, 0.5) is 0 Å². The minimum Gasteiger partial charge on any atom is -0.356 e. The molecule has 0 N–H and O–H groups in total. The summed E-state index contributed by atoms with van der Waals surface area (Å²) in [5.41, 5.74) is 0.117. The molecule has 1 nitrogen and oxygen atoms in total. The van der Waals surface area contributed by atoms with Gasteiger partial charge in [0.2, 0.25) is 0 Å². The molecule has 1 saturated heterocycles. The maximum absolute atomic E-state index is 5.14. The highest BCUT2D eigenvalue weighted by Crippen LogP contribution is 2.20. The standard InChI is InChI=1S/C9H14O/c1-7-8(10-7)5-6-9(2,3)4/h7-8H,1-4H3/t7-,8+/m0/s1. The van der Waals surface area contributed by atoms with Crippen LogP contribution in [0, 0.1) is 17.3 Å². The van der Waals surface area contributed by atoms with Crippen LogP contribution >= 0.6 is 0 Å². The predicted molar refractivity (Wildman–Crippen MR) is 41.6 cm³/mol. The fourth-order valence-electron chi connectivity index (χ4n) is 0.625. The molecular formula is C9H14O. The minimum atomic E-state index is 0.117. The topological polar surface area (TPSA) is 12.5 Å². The summed E-state index contributed by atoms with van der Waals surface area (Å²) in [7, 11) is 0. The van der Waals surface area contributed by atoms with Gasteiger partial charge in [-0.3, -0.25) is 0 Å².